The second kappa shape index (κ2) is 8.59. The van der Waals surface area contributed by atoms with Crippen LogP contribution in [0.4, 0.5) is 0 Å². The molecule has 0 bridgehead atoms. The van der Waals surface area contributed by atoms with Gasteiger partial charge in [0.15, 0.2) is 0 Å². The van der Waals surface area contributed by atoms with Crippen LogP contribution in [0, 0.1) is 29.6 Å². The molecule has 1 saturated heterocycles. The largest absolute Gasteiger partial charge is 0.493 e. The first kappa shape index (κ1) is 22.3. The van der Waals surface area contributed by atoms with E-state index in [1.165, 1.54) is 12.7 Å². The summed E-state index contributed by atoms with van der Waals surface area (Å²) in [5.74, 6) is 1.16. The van der Waals surface area contributed by atoms with Gasteiger partial charge in [0.25, 0.3) is 0 Å². The molecule has 170 valence electrons. The van der Waals surface area contributed by atoms with Gasteiger partial charge in [-0.05, 0) is 74.0 Å². The van der Waals surface area contributed by atoms with Gasteiger partial charge >= 0.3 is 5.97 Å². The van der Waals surface area contributed by atoms with Crippen molar-refractivity contribution in [2.24, 2.45) is 22.7 Å². The zero-order chi connectivity index (χ0) is 22.2. The highest BCUT2D eigenvalue weighted by molar-refractivity contribution is 5.92. The minimum atomic E-state index is -0.368. The van der Waals surface area contributed by atoms with Gasteiger partial charge < -0.3 is 18.9 Å². The van der Waals surface area contributed by atoms with Crippen molar-refractivity contribution in [2.45, 2.75) is 59.0 Å². The Balaban J connectivity index is 1.50. The van der Waals surface area contributed by atoms with E-state index in [4.69, 9.17) is 18.9 Å². The van der Waals surface area contributed by atoms with Crippen LogP contribution in [0.2, 0.25) is 0 Å². The number of rotatable bonds is 5. The van der Waals surface area contributed by atoms with Crippen molar-refractivity contribution in [3.63, 3.8) is 0 Å². The maximum Gasteiger partial charge on any atom is 0.341 e. The summed E-state index contributed by atoms with van der Waals surface area (Å²) in [6, 6.07) is 5.59. The third kappa shape index (κ3) is 3.91. The number of methoxy groups -OCH3 is 1. The topological polar surface area (TPSA) is 54.0 Å². The molecular weight excluding hydrogens is 392 g/mol. The summed E-state index contributed by atoms with van der Waals surface area (Å²) in [6.07, 6.45) is 5.59. The van der Waals surface area contributed by atoms with Crippen LogP contribution in [0.5, 0.6) is 5.75 Å². The Morgan fingerprint density at radius 3 is 2.84 bits per heavy atom. The van der Waals surface area contributed by atoms with Gasteiger partial charge in [-0.3, -0.25) is 0 Å². The van der Waals surface area contributed by atoms with Crippen LogP contribution >= 0.6 is 0 Å². The molecule has 4 rings (SSSR count). The Kier molecular flexibility index (Phi) is 6.19. The fourth-order valence-corrected chi connectivity index (χ4v) is 6.68. The maximum absolute atomic E-state index is 12.1. The van der Waals surface area contributed by atoms with Gasteiger partial charge in [-0.15, -0.1) is 0 Å². The summed E-state index contributed by atoms with van der Waals surface area (Å²) in [6.45, 7) is 13.0. The fourth-order valence-electron chi connectivity index (χ4n) is 6.68. The first-order valence-corrected chi connectivity index (χ1v) is 11.5. The molecule has 0 aromatic heterocycles. The van der Waals surface area contributed by atoms with Crippen molar-refractivity contribution in [1.82, 2.24) is 0 Å². The van der Waals surface area contributed by atoms with Crippen LogP contribution in [0.1, 0.15) is 61.9 Å². The number of hydrogen-bond acceptors (Lipinski definition) is 5. The zero-order valence-corrected chi connectivity index (χ0v) is 19.4. The number of fused-ring (bicyclic) bond motifs is 3. The molecule has 2 aliphatic carbocycles. The highest BCUT2D eigenvalue weighted by Crippen LogP contribution is 2.62. The molecule has 0 N–H and O–H groups in total. The number of carbonyl (C=O) groups is 1. The molecule has 1 aromatic carbocycles. The Labute approximate surface area is 186 Å². The van der Waals surface area contributed by atoms with Crippen molar-refractivity contribution < 1.29 is 23.7 Å². The predicted molar refractivity (Wildman–Crippen MR) is 119 cm³/mol. The molecular formula is C26H36O5. The lowest BCUT2D eigenvalue weighted by molar-refractivity contribution is -0.260. The van der Waals surface area contributed by atoms with Crippen molar-refractivity contribution in [2.75, 3.05) is 27.1 Å². The van der Waals surface area contributed by atoms with Gasteiger partial charge in [0.2, 0.25) is 0 Å². The number of esters is 1. The Bertz CT molecular complexity index is 848. The average Bonchev–Trinajstić information content (AvgIpc) is 2.74. The maximum atomic E-state index is 12.1. The highest BCUT2D eigenvalue weighted by atomic mass is 16.7. The molecule has 0 spiro atoms. The predicted octanol–water partition coefficient (Wildman–Crippen LogP) is 5.31. The van der Waals surface area contributed by atoms with E-state index in [9.17, 15) is 4.79 Å². The molecule has 2 saturated carbocycles. The summed E-state index contributed by atoms with van der Waals surface area (Å²) in [5.41, 5.74) is 3.08. The van der Waals surface area contributed by atoms with E-state index in [1.54, 1.807) is 6.07 Å². The van der Waals surface area contributed by atoms with Gasteiger partial charge in [0.05, 0.1) is 26.4 Å². The normalized spacial score (nSPS) is 35.1. The van der Waals surface area contributed by atoms with Crippen LogP contribution in [0.25, 0.3) is 0 Å². The zero-order valence-electron chi connectivity index (χ0n) is 19.4. The first-order valence-electron chi connectivity index (χ1n) is 11.5. The molecule has 1 aliphatic heterocycles. The van der Waals surface area contributed by atoms with Crippen LogP contribution in [-0.2, 0) is 14.2 Å². The van der Waals surface area contributed by atoms with E-state index >= 15 is 0 Å². The van der Waals surface area contributed by atoms with E-state index in [1.807, 2.05) is 19.1 Å². The van der Waals surface area contributed by atoms with E-state index in [0.29, 0.717) is 36.5 Å². The molecule has 1 unspecified atom stereocenters. The first-order chi connectivity index (χ1) is 14.8. The highest BCUT2D eigenvalue weighted by Gasteiger charge is 2.59. The van der Waals surface area contributed by atoms with Gasteiger partial charge in [0.1, 0.15) is 18.1 Å². The molecule has 1 heterocycles. The van der Waals surface area contributed by atoms with E-state index in [0.717, 1.165) is 44.3 Å². The summed E-state index contributed by atoms with van der Waals surface area (Å²) in [4.78, 5) is 12.1. The summed E-state index contributed by atoms with van der Waals surface area (Å²) in [7, 11) is 1.40. The SMILES string of the molecule is C=C1CCC2[C@]3(C)COCO[C@@H]3CC[C@@]2(C)[C@@H]1CCOc1cc(C)ccc1C(=O)OC. The standard InChI is InChI=1S/C26H36O5/c1-17-6-8-19(24(27)28-5)21(14-17)30-13-11-20-18(2)7-9-22-25(20,3)12-10-23-26(22,4)15-29-16-31-23/h6,8,14,20,22-23H,2,7,9-13,15-16H2,1,3-5H3/t20-,22?,23-,25+,26+/m1/s1. The van der Waals surface area contributed by atoms with Crippen LogP contribution in [-0.4, -0.2) is 39.2 Å². The van der Waals surface area contributed by atoms with Crippen LogP contribution in [0.15, 0.2) is 30.4 Å². The van der Waals surface area contributed by atoms with E-state index in [-0.39, 0.29) is 22.9 Å². The molecule has 31 heavy (non-hydrogen) atoms. The van der Waals surface area contributed by atoms with Gasteiger partial charge in [0, 0.05) is 5.41 Å². The monoisotopic (exact) mass is 428 g/mol. The number of ether oxygens (including phenoxy) is 4. The lowest BCUT2D eigenvalue weighted by atomic mass is 9.46. The number of carbonyl (C=O) groups excluding carboxylic acids is 1. The smallest absolute Gasteiger partial charge is 0.341 e. The number of hydrogen-bond donors (Lipinski definition) is 0. The van der Waals surface area contributed by atoms with Gasteiger partial charge in [-0.25, -0.2) is 4.79 Å². The van der Waals surface area contributed by atoms with Gasteiger partial charge in [-0.1, -0.05) is 32.1 Å². The van der Waals surface area contributed by atoms with Crippen molar-refractivity contribution >= 4 is 5.97 Å². The van der Waals surface area contributed by atoms with E-state index in [2.05, 4.69) is 20.4 Å². The molecule has 5 nitrogen and oxygen atoms in total. The minimum absolute atomic E-state index is 0.0552. The molecule has 3 fully saturated rings. The second-order valence-electron chi connectivity index (χ2n) is 10.1. The summed E-state index contributed by atoms with van der Waals surface area (Å²) < 4.78 is 22.9. The molecule has 5 heteroatoms. The number of benzene rings is 1. The molecule has 0 radical (unpaired) electrons. The van der Waals surface area contributed by atoms with E-state index < -0.39 is 0 Å². The summed E-state index contributed by atoms with van der Waals surface area (Å²) >= 11 is 0. The van der Waals surface area contributed by atoms with Crippen LogP contribution < -0.4 is 4.74 Å². The number of aryl methyl sites for hydroxylation is 1. The third-order valence-corrected chi connectivity index (χ3v) is 8.29. The third-order valence-electron chi connectivity index (χ3n) is 8.29. The summed E-state index contributed by atoms with van der Waals surface area (Å²) in [5, 5.41) is 0. The van der Waals surface area contributed by atoms with Crippen LogP contribution in [0.3, 0.4) is 0 Å². The molecule has 5 atom stereocenters. The van der Waals surface area contributed by atoms with Gasteiger partial charge in [-0.2, -0.15) is 0 Å². The molecule has 0 amide bonds. The lowest BCUT2D eigenvalue weighted by Gasteiger charge is -2.62. The Morgan fingerprint density at radius 2 is 2.06 bits per heavy atom. The molecule has 1 aromatic rings. The van der Waals surface area contributed by atoms with Crippen molar-refractivity contribution in [1.29, 1.82) is 0 Å². The Morgan fingerprint density at radius 1 is 1.26 bits per heavy atom. The Hall–Kier alpha value is -1.85. The second-order valence-corrected chi connectivity index (χ2v) is 10.1. The minimum Gasteiger partial charge on any atom is -0.493 e. The fraction of sp³-hybridized carbons (Fsp3) is 0.654. The molecule has 3 aliphatic rings. The van der Waals surface area contributed by atoms with Crippen molar-refractivity contribution in [3.05, 3.63) is 41.5 Å². The lowest BCUT2D eigenvalue weighted by Crippen LogP contribution is -2.60. The quantitative estimate of drug-likeness (QED) is 0.470. The average molecular weight is 429 g/mol. The van der Waals surface area contributed by atoms with Crippen molar-refractivity contribution in [3.8, 4) is 5.75 Å². The number of allylic oxidation sites excluding steroid dienone is 1.